The van der Waals surface area contributed by atoms with E-state index < -0.39 is 5.97 Å². The van der Waals surface area contributed by atoms with Gasteiger partial charge in [0.05, 0.1) is 38.7 Å². The molecule has 1 aromatic heterocycles. The van der Waals surface area contributed by atoms with Gasteiger partial charge in [-0.25, -0.2) is 9.48 Å². The van der Waals surface area contributed by atoms with Gasteiger partial charge in [-0.15, -0.1) is 5.10 Å². The molecule has 0 atom stereocenters. The molecule has 0 amide bonds. The second-order valence-electron chi connectivity index (χ2n) is 8.60. The molecule has 2 aromatic carbocycles. The van der Waals surface area contributed by atoms with Crippen molar-refractivity contribution in [3.8, 4) is 5.75 Å². The zero-order valence-electron chi connectivity index (χ0n) is 19.9. The summed E-state index contributed by atoms with van der Waals surface area (Å²) < 4.78 is 18.4. The third-order valence-electron chi connectivity index (χ3n) is 6.28. The van der Waals surface area contributed by atoms with E-state index in [1.807, 2.05) is 36.4 Å². The summed E-state index contributed by atoms with van der Waals surface area (Å²) in [6.07, 6.45) is 3.86. The van der Waals surface area contributed by atoms with Crippen molar-refractivity contribution < 1.29 is 19.0 Å². The van der Waals surface area contributed by atoms with Crippen LogP contribution in [0.15, 0.2) is 42.5 Å². The van der Waals surface area contributed by atoms with Gasteiger partial charge in [0, 0.05) is 10.0 Å². The lowest BCUT2D eigenvalue weighted by Gasteiger charge is -2.29. The number of aromatic nitrogens is 3. The zero-order valence-corrected chi connectivity index (χ0v) is 21.4. The zero-order chi connectivity index (χ0) is 24.8. The fourth-order valence-corrected chi connectivity index (χ4v) is 4.98. The van der Waals surface area contributed by atoms with Gasteiger partial charge in [-0.3, -0.25) is 0 Å². The minimum Gasteiger partial charge on any atom is -0.497 e. The van der Waals surface area contributed by atoms with Gasteiger partial charge in [0.2, 0.25) is 0 Å². The van der Waals surface area contributed by atoms with Crippen molar-refractivity contribution in [1.29, 1.82) is 0 Å². The summed E-state index contributed by atoms with van der Waals surface area (Å²) in [5, 5.41) is 9.65. The Morgan fingerprint density at radius 3 is 2.37 bits per heavy atom. The van der Waals surface area contributed by atoms with E-state index in [1.54, 1.807) is 24.8 Å². The number of carbonyl (C=O) groups is 1. The Bertz CT molecular complexity index is 1120. The minimum atomic E-state index is -0.492. The van der Waals surface area contributed by atoms with Gasteiger partial charge in [0.25, 0.3) is 0 Å². The molecule has 1 heterocycles. The van der Waals surface area contributed by atoms with Gasteiger partial charge in [-0.1, -0.05) is 40.5 Å². The Labute approximate surface area is 215 Å². The summed E-state index contributed by atoms with van der Waals surface area (Å²) in [6.45, 7) is 2.72. The molecule has 0 unspecified atom stereocenters. The summed E-state index contributed by atoms with van der Waals surface area (Å²) >= 11 is 12.4. The van der Waals surface area contributed by atoms with Crippen LogP contribution in [-0.4, -0.2) is 40.8 Å². The van der Waals surface area contributed by atoms with Crippen molar-refractivity contribution in [3.63, 3.8) is 0 Å². The van der Waals surface area contributed by atoms with Crippen LogP contribution >= 0.6 is 23.2 Å². The highest BCUT2D eigenvalue weighted by Crippen LogP contribution is 2.36. The van der Waals surface area contributed by atoms with Crippen LogP contribution in [0.4, 0.5) is 0 Å². The van der Waals surface area contributed by atoms with Crippen molar-refractivity contribution in [2.24, 2.45) is 0 Å². The number of esters is 1. The highest BCUT2D eigenvalue weighted by Gasteiger charge is 2.26. The smallest absolute Gasteiger partial charge is 0.360 e. The molecular weight excluding hydrogens is 489 g/mol. The lowest BCUT2D eigenvalue weighted by Crippen LogP contribution is -2.22. The molecule has 1 fully saturated rings. The molecule has 0 saturated heterocycles. The van der Waals surface area contributed by atoms with Crippen LogP contribution in [-0.2, 0) is 22.6 Å². The average Bonchev–Trinajstić information content (AvgIpc) is 3.25. The monoisotopic (exact) mass is 517 g/mol. The van der Waals surface area contributed by atoms with Crippen LogP contribution in [0.5, 0.6) is 5.75 Å². The molecule has 3 aromatic rings. The molecule has 7 nitrogen and oxygen atoms in total. The molecular formula is C26H29Cl2N3O4. The van der Waals surface area contributed by atoms with Crippen LogP contribution in [0, 0.1) is 0 Å². The first-order chi connectivity index (χ1) is 17.0. The highest BCUT2D eigenvalue weighted by molar-refractivity contribution is 6.34. The number of carbonyl (C=O) groups excluding carboxylic acids is 1. The van der Waals surface area contributed by atoms with Crippen molar-refractivity contribution in [3.05, 3.63) is 75.0 Å². The lowest BCUT2D eigenvalue weighted by molar-refractivity contribution is 0.00927. The van der Waals surface area contributed by atoms with Gasteiger partial charge < -0.3 is 14.2 Å². The molecule has 0 spiro atoms. The molecule has 0 radical (unpaired) electrons. The Kier molecular flexibility index (Phi) is 8.65. The highest BCUT2D eigenvalue weighted by atomic mass is 35.5. The van der Waals surface area contributed by atoms with Gasteiger partial charge >= 0.3 is 5.97 Å². The Morgan fingerprint density at radius 2 is 1.74 bits per heavy atom. The van der Waals surface area contributed by atoms with E-state index in [-0.39, 0.29) is 25.0 Å². The predicted molar refractivity (Wildman–Crippen MR) is 134 cm³/mol. The third-order valence-corrected chi connectivity index (χ3v) is 6.72. The molecule has 1 saturated carbocycles. The second-order valence-corrected chi connectivity index (χ2v) is 9.47. The predicted octanol–water partition coefficient (Wildman–Crippen LogP) is 6.06. The van der Waals surface area contributed by atoms with Gasteiger partial charge in [0.1, 0.15) is 5.75 Å². The summed E-state index contributed by atoms with van der Waals surface area (Å²) in [4.78, 5) is 12.5. The maximum absolute atomic E-state index is 12.5. The molecule has 4 rings (SSSR count). The minimum absolute atomic E-state index is 0.0836. The Hall–Kier alpha value is -2.61. The summed E-state index contributed by atoms with van der Waals surface area (Å²) in [7, 11) is 1.63. The fraction of sp³-hybridized carbons (Fsp3) is 0.423. The van der Waals surface area contributed by atoms with Crippen LogP contribution in [0.2, 0.25) is 10.0 Å². The van der Waals surface area contributed by atoms with Crippen molar-refractivity contribution in [2.75, 3.05) is 13.7 Å². The van der Waals surface area contributed by atoms with Crippen molar-refractivity contribution in [2.45, 2.75) is 57.8 Å². The first-order valence-electron chi connectivity index (χ1n) is 11.8. The first kappa shape index (κ1) is 25.5. The molecule has 0 N–H and O–H groups in total. The molecule has 1 aliphatic rings. The maximum atomic E-state index is 12.5. The van der Waals surface area contributed by atoms with E-state index in [9.17, 15) is 4.79 Å². The van der Waals surface area contributed by atoms with Crippen LogP contribution in [0.1, 0.15) is 65.8 Å². The van der Waals surface area contributed by atoms with Crippen molar-refractivity contribution in [1.82, 2.24) is 15.0 Å². The van der Waals surface area contributed by atoms with Crippen LogP contribution in [0.3, 0.4) is 0 Å². The topological polar surface area (TPSA) is 75.5 Å². The van der Waals surface area contributed by atoms with Gasteiger partial charge in [-0.2, -0.15) is 0 Å². The summed E-state index contributed by atoms with van der Waals surface area (Å²) in [6, 6.07) is 13.4. The number of halogens is 2. The lowest BCUT2D eigenvalue weighted by atomic mass is 9.83. The number of methoxy groups -OCH3 is 1. The maximum Gasteiger partial charge on any atom is 0.360 e. The third kappa shape index (κ3) is 6.54. The molecule has 1 aliphatic carbocycles. The fourth-order valence-electron chi connectivity index (χ4n) is 4.44. The number of rotatable bonds is 9. The van der Waals surface area contributed by atoms with Gasteiger partial charge in [0.15, 0.2) is 5.69 Å². The molecule has 186 valence electrons. The van der Waals surface area contributed by atoms with E-state index in [2.05, 4.69) is 10.3 Å². The molecule has 0 bridgehead atoms. The Morgan fingerprint density at radius 1 is 1.06 bits per heavy atom. The van der Waals surface area contributed by atoms with E-state index in [4.69, 9.17) is 37.4 Å². The van der Waals surface area contributed by atoms with E-state index in [0.29, 0.717) is 28.2 Å². The Balaban J connectivity index is 1.42. The normalized spacial score (nSPS) is 17.8. The number of hydrogen-bond donors (Lipinski definition) is 0. The van der Waals surface area contributed by atoms with E-state index in [1.165, 1.54) is 5.56 Å². The SMILES string of the molecule is CCOC(=O)c1nnn(Cc2ccc(OC)cc2)c1CO[C@H]1CC[C@H](c2cc(Cl)cc(Cl)c2)CC1. The summed E-state index contributed by atoms with van der Waals surface area (Å²) in [5.74, 6) is 0.691. The van der Waals surface area contributed by atoms with Crippen LogP contribution in [0.25, 0.3) is 0 Å². The number of ether oxygens (including phenoxy) is 3. The summed E-state index contributed by atoms with van der Waals surface area (Å²) in [5.41, 5.74) is 2.99. The quantitative estimate of drug-likeness (QED) is 0.321. The molecule has 35 heavy (non-hydrogen) atoms. The molecule has 0 aliphatic heterocycles. The number of benzene rings is 2. The van der Waals surface area contributed by atoms with E-state index in [0.717, 1.165) is 37.0 Å². The number of nitrogens with zero attached hydrogens (tertiary/aromatic N) is 3. The molecule has 9 heteroatoms. The second kappa shape index (κ2) is 11.9. The van der Waals surface area contributed by atoms with Gasteiger partial charge in [-0.05, 0) is 80.0 Å². The van der Waals surface area contributed by atoms with Crippen LogP contribution < -0.4 is 4.74 Å². The van der Waals surface area contributed by atoms with Crippen molar-refractivity contribution >= 4 is 29.2 Å². The van der Waals surface area contributed by atoms with E-state index >= 15 is 0 Å². The first-order valence-corrected chi connectivity index (χ1v) is 12.5. The number of hydrogen-bond acceptors (Lipinski definition) is 6. The largest absolute Gasteiger partial charge is 0.497 e. The average molecular weight is 518 g/mol. The standard InChI is InChI=1S/C26H29Cl2N3O4/c1-3-34-26(32)25-24(31(30-29-25)15-17-4-8-22(33-2)9-5-17)16-35-23-10-6-18(7-11-23)19-12-20(27)14-21(28)13-19/h4-5,8-9,12-14,18,23H,3,6-7,10-11,15-16H2,1-2H3/t18-,23-.